The molecule has 0 aliphatic carbocycles. The lowest BCUT2D eigenvalue weighted by molar-refractivity contribution is -0.141. The van der Waals surface area contributed by atoms with Gasteiger partial charge in [0.1, 0.15) is 6.04 Å². The van der Waals surface area contributed by atoms with E-state index in [2.05, 4.69) is 12.2 Å². The molecule has 0 spiro atoms. The number of amides is 1. The number of carbonyl (C=O) groups excluding carboxylic acids is 1. The van der Waals surface area contributed by atoms with Gasteiger partial charge in [0.15, 0.2) is 0 Å². The largest absolute Gasteiger partial charge is 0.480 e. The lowest BCUT2D eigenvalue weighted by Crippen LogP contribution is -2.42. The fourth-order valence-electron chi connectivity index (χ4n) is 2.61. The molecule has 2 rings (SSSR count). The van der Waals surface area contributed by atoms with Gasteiger partial charge in [-0.15, -0.1) is 0 Å². The minimum absolute atomic E-state index is 0.221. The number of nitrogens with one attached hydrogen (secondary N) is 1. The summed E-state index contributed by atoms with van der Waals surface area (Å²) in [6, 6.07) is 18.4. The highest BCUT2D eigenvalue weighted by Crippen LogP contribution is 2.19. The molecular formula is C20H23NO3. The molecule has 0 aliphatic rings. The van der Waals surface area contributed by atoms with E-state index in [9.17, 15) is 14.7 Å². The Bertz CT molecular complexity index is 655. The van der Waals surface area contributed by atoms with Crippen molar-refractivity contribution in [3.05, 3.63) is 71.8 Å². The summed E-state index contributed by atoms with van der Waals surface area (Å²) in [6.07, 6.45) is 1.29. The van der Waals surface area contributed by atoms with Gasteiger partial charge in [0.05, 0.1) is 0 Å². The third kappa shape index (κ3) is 5.54. The van der Waals surface area contributed by atoms with E-state index in [4.69, 9.17) is 0 Å². The summed E-state index contributed by atoms with van der Waals surface area (Å²) in [4.78, 5) is 23.5. The first-order valence-corrected chi connectivity index (χ1v) is 8.17. The summed E-state index contributed by atoms with van der Waals surface area (Å²) in [5.41, 5.74) is 2.08. The molecule has 2 N–H and O–H groups in total. The fourth-order valence-corrected chi connectivity index (χ4v) is 2.61. The Morgan fingerprint density at radius 3 is 2.17 bits per heavy atom. The van der Waals surface area contributed by atoms with E-state index in [1.165, 1.54) is 5.56 Å². The van der Waals surface area contributed by atoms with Crippen molar-refractivity contribution in [2.24, 2.45) is 0 Å². The Kier molecular flexibility index (Phi) is 6.55. The van der Waals surface area contributed by atoms with Gasteiger partial charge in [-0.05, 0) is 23.5 Å². The van der Waals surface area contributed by atoms with Crippen LogP contribution in [-0.2, 0) is 16.0 Å². The maximum absolute atomic E-state index is 12.1. The quantitative estimate of drug-likeness (QED) is 0.782. The van der Waals surface area contributed by atoms with E-state index in [1.54, 1.807) is 0 Å². The Labute approximate surface area is 142 Å². The van der Waals surface area contributed by atoms with Crippen molar-refractivity contribution < 1.29 is 14.7 Å². The number of aliphatic carboxylic acids is 1. The highest BCUT2D eigenvalue weighted by Gasteiger charge is 2.20. The van der Waals surface area contributed by atoms with Crippen LogP contribution in [0.25, 0.3) is 0 Å². The Hall–Kier alpha value is -2.62. The van der Waals surface area contributed by atoms with Crippen LogP contribution in [-0.4, -0.2) is 23.0 Å². The summed E-state index contributed by atoms with van der Waals surface area (Å²) in [6.45, 7) is 2.07. The standard InChI is InChI=1S/C20H23NO3/c1-15(17-10-6-3-7-11-17)12-13-19(22)21-18(20(23)24)14-16-8-4-2-5-9-16/h2-11,15,18H,12-14H2,1H3,(H,21,22)(H,23,24)/t15?,18-/m1/s1. The average Bonchev–Trinajstić information content (AvgIpc) is 2.60. The zero-order valence-electron chi connectivity index (χ0n) is 13.8. The normalized spacial score (nSPS) is 13.0. The van der Waals surface area contributed by atoms with Crippen molar-refractivity contribution in [3.8, 4) is 0 Å². The highest BCUT2D eigenvalue weighted by molar-refractivity contribution is 5.83. The van der Waals surface area contributed by atoms with Gasteiger partial charge in [-0.25, -0.2) is 4.79 Å². The van der Waals surface area contributed by atoms with Gasteiger partial charge in [0.25, 0.3) is 0 Å². The predicted molar refractivity (Wildman–Crippen MR) is 93.8 cm³/mol. The van der Waals surface area contributed by atoms with Crippen LogP contribution in [0.3, 0.4) is 0 Å². The molecule has 0 radical (unpaired) electrons. The third-order valence-electron chi connectivity index (χ3n) is 4.09. The molecule has 4 nitrogen and oxygen atoms in total. The molecule has 0 heterocycles. The maximum atomic E-state index is 12.1. The van der Waals surface area contributed by atoms with Crippen LogP contribution in [0.15, 0.2) is 60.7 Å². The van der Waals surface area contributed by atoms with Crippen molar-refractivity contribution in [1.82, 2.24) is 5.32 Å². The zero-order chi connectivity index (χ0) is 17.4. The third-order valence-corrected chi connectivity index (χ3v) is 4.09. The van der Waals surface area contributed by atoms with E-state index in [-0.39, 0.29) is 18.2 Å². The molecule has 0 bridgehead atoms. The molecule has 0 saturated carbocycles. The first-order valence-electron chi connectivity index (χ1n) is 8.17. The SMILES string of the molecule is CC(CCC(=O)N[C@H](Cc1ccccc1)C(=O)O)c1ccccc1. The van der Waals surface area contributed by atoms with E-state index in [1.807, 2.05) is 60.7 Å². The van der Waals surface area contributed by atoms with Gasteiger partial charge in [-0.2, -0.15) is 0 Å². The summed E-state index contributed by atoms with van der Waals surface area (Å²) in [5.74, 6) is -0.973. The van der Waals surface area contributed by atoms with Crippen LogP contribution < -0.4 is 5.32 Å². The van der Waals surface area contributed by atoms with Gasteiger partial charge < -0.3 is 10.4 Å². The molecule has 4 heteroatoms. The Morgan fingerprint density at radius 1 is 1.00 bits per heavy atom. The van der Waals surface area contributed by atoms with Gasteiger partial charge >= 0.3 is 5.97 Å². The highest BCUT2D eigenvalue weighted by atomic mass is 16.4. The zero-order valence-corrected chi connectivity index (χ0v) is 13.8. The maximum Gasteiger partial charge on any atom is 0.326 e. The van der Waals surface area contributed by atoms with Crippen LogP contribution in [0, 0.1) is 0 Å². The first kappa shape index (κ1) is 17.7. The molecule has 0 aliphatic heterocycles. The summed E-state index contributed by atoms with van der Waals surface area (Å²) in [7, 11) is 0. The molecule has 0 saturated heterocycles. The minimum Gasteiger partial charge on any atom is -0.480 e. The smallest absolute Gasteiger partial charge is 0.326 e. The summed E-state index contributed by atoms with van der Waals surface area (Å²) < 4.78 is 0. The number of carbonyl (C=O) groups is 2. The monoisotopic (exact) mass is 325 g/mol. The Balaban J connectivity index is 1.85. The van der Waals surface area contributed by atoms with Gasteiger partial charge in [-0.3, -0.25) is 4.79 Å². The lowest BCUT2D eigenvalue weighted by atomic mass is 9.96. The molecular weight excluding hydrogens is 302 g/mol. The Morgan fingerprint density at radius 2 is 1.58 bits per heavy atom. The molecule has 0 fully saturated rings. The van der Waals surface area contributed by atoms with Crippen LogP contribution >= 0.6 is 0 Å². The van der Waals surface area contributed by atoms with Gasteiger partial charge in [-0.1, -0.05) is 67.6 Å². The summed E-state index contributed by atoms with van der Waals surface area (Å²) >= 11 is 0. The van der Waals surface area contributed by atoms with Gasteiger partial charge in [0.2, 0.25) is 5.91 Å². The van der Waals surface area contributed by atoms with Crippen LogP contribution in [0.5, 0.6) is 0 Å². The molecule has 126 valence electrons. The van der Waals surface area contributed by atoms with E-state index in [0.29, 0.717) is 12.8 Å². The number of hydrogen-bond acceptors (Lipinski definition) is 2. The number of hydrogen-bond donors (Lipinski definition) is 2. The number of benzene rings is 2. The van der Waals surface area contributed by atoms with E-state index in [0.717, 1.165) is 5.56 Å². The molecule has 2 aromatic carbocycles. The van der Waals surface area contributed by atoms with Crippen molar-refractivity contribution >= 4 is 11.9 Å². The van der Waals surface area contributed by atoms with E-state index < -0.39 is 12.0 Å². The van der Waals surface area contributed by atoms with Crippen LogP contribution in [0.1, 0.15) is 36.8 Å². The second-order valence-corrected chi connectivity index (χ2v) is 6.00. The van der Waals surface area contributed by atoms with Crippen molar-refractivity contribution in [3.63, 3.8) is 0 Å². The van der Waals surface area contributed by atoms with Crippen LogP contribution in [0.4, 0.5) is 0 Å². The summed E-state index contributed by atoms with van der Waals surface area (Å²) in [5, 5.41) is 12.0. The molecule has 2 atom stereocenters. The topological polar surface area (TPSA) is 66.4 Å². The minimum atomic E-state index is -1.01. The van der Waals surface area contributed by atoms with Crippen molar-refractivity contribution in [2.45, 2.75) is 38.1 Å². The van der Waals surface area contributed by atoms with Crippen LogP contribution in [0.2, 0.25) is 0 Å². The van der Waals surface area contributed by atoms with E-state index >= 15 is 0 Å². The average molecular weight is 325 g/mol. The number of rotatable bonds is 8. The fraction of sp³-hybridized carbons (Fsp3) is 0.300. The molecule has 24 heavy (non-hydrogen) atoms. The predicted octanol–water partition coefficient (Wildman–Crippen LogP) is 3.38. The van der Waals surface area contributed by atoms with Gasteiger partial charge in [0, 0.05) is 12.8 Å². The molecule has 1 amide bonds. The molecule has 0 aromatic heterocycles. The molecule has 1 unspecified atom stereocenters. The number of carboxylic acid groups (broad SMARTS) is 1. The van der Waals surface area contributed by atoms with Crippen molar-refractivity contribution in [1.29, 1.82) is 0 Å². The van der Waals surface area contributed by atoms with Crippen molar-refractivity contribution in [2.75, 3.05) is 0 Å². The second-order valence-electron chi connectivity index (χ2n) is 6.00. The molecule has 2 aromatic rings. The first-order chi connectivity index (χ1) is 11.6. The lowest BCUT2D eigenvalue weighted by Gasteiger charge is -2.16. The number of carboxylic acids is 1. The second kappa shape index (κ2) is 8.87.